The van der Waals surface area contributed by atoms with E-state index in [0.717, 1.165) is 12.2 Å². The summed E-state index contributed by atoms with van der Waals surface area (Å²) in [5.41, 5.74) is 1.55. The van der Waals surface area contributed by atoms with E-state index in [-0.39, 0.29) is 5.78 Å². The first-order chi connectivity index (χ1) is 7.67. The molecule has 86 valence electrons. The third kappa shape index (κ3) is 1.60. The molecule has 1 heterocycles. The summed E-state index contributed by atoms with van der Waals surface area (Å²) in [4.78, 5) is 13.9. The monoisotopic (exact) mass is 221 g/mol. The van der Waals surface area contributed by atoms with Crippen LogP contribution in [0.2, 0.25) is 0 Å². The number of benzene rings is 1. The number of ether oxygens (including phenoxy) is 2. The van der Waals surface area contributed by atoms with E-state index in [9.17, 15) is 4.79 Å². The molecule has 0 N–H and O–H groups in total. The normalized spacial score (nSPS) is 14.7. The SMILES string of the molecule is COc1cc(OC)c2c(c1)C(=O)CCN2C. The van der Waals surface area contributed by atoms with E-state index in [1.807, 2.05) is 11.9 Å². The highest BCUT2D eigenvalue weighted by atomic mass is 16.5. The van der Waals surface area contributed by atoms with Gasteiger partial charge in [0.15, 0.2) is 5.78 Å². The first kappa shape index (κ1) is 10.8. The Morgan fingerprint density at radius 1 is 1.25 bits per heavy atom. The van der Waals surface area contributed by atoms with Crippen molar-refractivity contribution in [3.63, 3.8) is 0 Å². The van der Waals surface area contributed by atoms with Crippen molar-refractivity contribution in [3.05, 3.63) is 17.7 Å². The van der Waals surface area contributed by atoms with Crippen molar-refractivity contribution in [2.24, 2.45) is 0 Å². The maximum Gasteiger partial charge on any atom is 0.167 e. The highest BCUT2D eigenvalue weighted by Crippen LogP contribution is 2.38. The molecule has 4 nitrogen and oxygen atoms in total. The largest absolute Gasteiger partial charge is 0.497 e. The Morgan fingerprint density at radius 2 is 2.00 bits per heavy atom. The van der Waals surface area contributed by atoms with E-state index in [2.05, 4.69) is 0 Å². The summed E-state index contributed by atoms with van der Waals surface area (Å²) in [5, 5.41) is 0. The van der Waals surface area contributed by atoms with Crippen molar-refractivity contribution in [2.45, 2.75) is 6.42 Å². The van der Waals surface area contributed by atoms with E-state index >= 15 is 0 Å². The number of ketones is 1. The van der Waals surface area contributed by atoms with Crippen LogP contribution in [0, 0.1) is 0 Å². The number of Topliss-reactive ketones (excluding diaryl/α,β-unsaturated/α-hetero) is 1. The topological polar surface area (TPSA) is 38.8 Å². The quantitative estimate of drug-likeness (QED) is 0.762. The molecule has 0 saturated heterocycles. The van der Waals surface area contributed by atoms with Crippen LogP contribution < -0.4 is 14.4 Å². The van der Waals surface area contributed by atoms with Crippen molar-refractivity contribution in [3.8, 4) is 11.5 Å². The zero-order valence-electron chi connectivity index (χ0n) is 9.74. The fraction of sp³-hybridized carbons (Fsp3) is 0.417. The minimum atomic E-state index is 0.144. The van der Waals surface area contributed by atoms with E-state index in [4.69, 9.17) is 9.47 Å². The molecule has 16 heavy (non-hydrogen) atoms. The Morgan fingerprint density at radius 3 is 2.62 bits per heavy atom. The lowest BCUT2D eigenvalue weighted by Crippen LogP contribution is -2.28. The molecule has 0 fully saturated rings. The summed E-state index contributed by atoms with van der Waals surface area (Å²) in [6.45, 7) is 0.731. The fourth-order valence-corrected chi connectivity index (χ4v) is 1.98. The van der Waals surface area contributed by atoms with Crippen LogP contribution in [0.25, 0.3) is 0 Å². The summed E-state index contributed by atoms with van der Waals surface area (Å²) >= 11 is 0. The first-order valence-corrected chi connectivity index (χ1v) is 5.17. The molecule has 1 aromatic carbocycles. The van der Waals surface area contributed by atoms with Crippen LogP contribution in [-0.4, -0.2) is 33.6 Å². The molecule has 0 amide bonds. The highest BCUT2D eigenvalue weighted by Gasteiger charge is 2.25. The van der Waals surface area contributed by atoms with Crippen LogP contribution in [0.3, 0.4) is 0 Å². The Hall–Kier alpha value is -1.71. The molecule has 0 unspecified atom stereocenters. The molecule has 0 radical (unpaired) electrons. The predicted octanol–water partition coefficient (Wildman–Crippen LogP) is 1.73. The maximum absolute atomic E-state index is 11.8. The van der Waals surface area contributed by atoms with E-state index in [1.165, 1.54) is 0 Å². The van der Waals surface area contributed by atoms with Gasteiger partial charge in [-0.2, -0.15) is 0 Å². The number of carbonyl (C=O) groups is 1. The molecular weight excluding hydrogens is 206 g/mol. The number of hydrogen-bond donors (Lipinski definition) is 0. The van der Waals surface area contributed by atoms with Gasteiger partial charge in [0, 0.05) is 31.6 Å². The van der Waals surface area contributed by atoms with Gasteiger partial charge in [-0.1, -0.05) is 0 Å². The average molecular weight is 221 g/mol. The number of hydrogen-bond acceptors (Lipinski definition) is 4. The lowest BCUT2D eigenvalue weighted by atomic mass is 10.00. The van der Waals surface area contributed by atoms with Crippen LogP contribution in [0.5, 0.6) is 11.5 Å². The van der Waals surface area contributed by atoms with Crippen molar-refractivity contribution in [1.82, 2.24) is 0 Å². The van der Waals surface area contributed by atoms with Gasteiger partial charge in [-0.3, -0.25) is 4.79 Å². The Balaban J connectivity index is 2.62. The highest BCUT2D eigenvalue weighted by molar-refractivity contribution is 6.05. The predicted molar refractivity (Wildman–Crippen MR) is 61.8 cm³/mol. The van der Waals surface area contributed by atoms with Crippen LogP contribution in [-0.2, 0) is 0 Å². The number of fused-ring (bicyclic) bond motifs is 1. The number of nitrogens with zero attached hydrogens (tertiary/aromatic N) is 1. The van der Waals surface area contributed by atoms with Crippen LogP contribution >= 0.6 is 0 Å². The van der Waals surface area contributed by atoms with Gasteiger partial charge < -0.3 is 14.4 Å². The molecule has 0 aliphatic carbocycles. The molecule has 0 saturated carbocycles. The molecule has 0 aromatic heterocycles. The smallest absolute Gasteiger partial charge is 0.167 e. The lowest BCUT2D eigenvalue weighted by molar-refractivity contribution is 0.0979. The van der Waals surface area contributed by atoms with Gasteiger partial charge in [0.05, 0.1) is 19.9 Å². The van der Waals surface area contributed by atoms with Gasteiger partial charge in [0.25, 0.3) is 0 Å². The maximum atomic E-state index is 11.8. The van der Waals surface area contributed by atoms with Gasteiger partial charge >= 0.3 is 0 Å². The minimum Gasteiger partial charge on any atom is -0.497 e. The van der Waals surface area contributed by atoms with Crippen molar-refractivity contribution < 1.29 is 14.3 Å². The minimum absolute atomic E-state index is 0.144. The Labute approximate surface area is 94.8 Å². The molecule has 1 aliphatic heterocycles. The summed E-state index contributed by atoms with van der Waals surface area (Å²) in [6, 6.07) is 3.57. The van der Waals surface area contributed by atoms with Crippen LogP contribution in [0.15, 0.2) is 12.1 Å². The third-order valence-corrected chi connectivity index (χ3v) is 2.86. The molecular formula is C12H15NO3. The van der Waals surface area contributed by atoms with E-state index < -0.39 is 0 Å². The van der Waals surface area contributed by atoms with Gasteiger partial charge in [0.1, 0.15) is 11.5 Å². The molecule has 0 bridgehead atoms. The number of methoxy groups -OCH3 is 2. The van der Waals surface area contributed by atoms with Gasteiger partial charge in [-0.05, 0) is 6.07 Å². The van der Waals surface area contributed by atoms with Crippen molar-refractivity contribution >= 4 is 11.5 Å². The second kappa shape index (κ2) is 4.04. The van der Waals surface area contributed by atoms with Gasteiger partial charge in [-0.15, -0.1) is 0 Å². The molecule has 4 heteroatoms. The summed E-state index contributed by atoms with van der Waals surface area (Å²) < 4.78 is 10.5. The fourth-order valence-electron chi connectivity index (χ4n) is 1.98. The second-order valence-corrected chi connectivity index (χ2v) is 3.82. The van der Waals surface area contributed by atoms with Crippen molar-refractivity contribution in [1.29, 1.82) is 0 Å². The molecule has 1 aliphatic rings. The van der Waals surface area contributed by atoms with Crippen LogP contribution in [0.1, 0.15) is 16.8 Å². The first-order valence-electron chi connectivity index (χ1n) is 5.17. The van der Waals surface area contributed by atoms with E-state index in [0.29, 0.717) is 23.5 Å². The molecule has 0 atom stereocenters. The average Bonchev–Trinajstić information content (AvgIpc) is 2.32. The second-order valence-electron chi connectivity index (χ2n) is 3.82. The zero-order chi connectivity index (χ0) is 11.7. The Kier molecular flexibility index (Phi) is 2.73. The Bertz CT molecular complexity index is 429. The molecule has 1 aromatic rings. The van der Waals surface area contributed by atoms with E-state index in [1.54, 1.807) is 26.4 Å². The number of carbonyl (C=O) groups excluding carboxylic acids is 1. The van der Waals surface area contributed by atoms with Gasteiger partial charge in [0.2, 0.25) is 0 Å². The summed E-state index contributed by atoms with van der Waals surface area (Å²) in [5.74, 6) is 1.48. The summed E-state index contributed by atoms with van der Waals surface area (Å²) in [7, 11) is 5.14. The molecule has 0 spiro atoms. The third-order valence-electron chi connectivity index (χ3n) is 2.86. The van der Waals surface area contributed by atoms with Crippen LogP contribution in [0.4, 0.5) is 5.69 Å². The standard InChI is InChI=1S/C12H15NO3/c1-13-5-4-10(14)9-6-8(15-2)7-11(16-3)12(9)13/h6-7H,4-5H2,1-3H3. The lowest BCUT2D eigenvalue weighted by Gasteiger charge is -2.28. The van der Waals surface area contributed by atoms with Gasteiger partial charge in [-0.25, -0.2) is 0 Å². The molecule has 2 rings (SSSR count). The zero-order valence-corrected chi connectivity index (χ0v) is 9.74. The number of anilines is 1. The number of rotatable bonds is 2. The summed E-state index contributed by atoms with van der Waals surface area (Å²) in [6.07, 6.45) is 0.541. The van der Waals surface area contributed by atoms with Crippen molar-refractivity contribution in [2.75, 3.05) is 32.7 Å².